The van der Waals surface area contributed by atoms with Crippen molar-refractivity contribution in [3.05, 3.63) is 27.7 Å². The summed E-state index contributed by atoms with van der Waals surface area (Å²) in [4.78, 5) is 0.152. The molecule has 0 unspecified atom stereocenters. The third-order valence-corrected chi connectivity index (χ3v) is 6.43. The number of benzene rings is 1. The quantitative estimate of drug-likeness (QED) is 0.885. The molecule has 21 heavy (non-hydrogen) atoms. The number of hydrogen-bond acceptors (Lipinski definition) is 3. The minimum absolute atomic E-state index is 0. The van der Waals surface area contributed by atoms with E-state index in [0.717, 1.165) is 25.9 Å². The first-order valence-electron chi connectivity index (χ1n) is 6.48. The first-order chi connectivity index (χ1) is 9.34. The van der Waals surface area contributed by atoms with Gasteiger partial charge in [0.2, 0.25) is 10.0 Å². The number of hydrogen-bond donors (Lipinski definition) is 1. The summed E-state index contributed by atoms with van der Waals surface area (Å²) < 4.78 is 26.7. The smallest absolute Gasteiger partial charge is 0.243 e. The minimum Gasteiger partial charge on any atom is -0.317 e. The predicted octanol–water partition coefficient (Wildman–Crippen LogP) is 3.10. The van der Waals surface area contributed by atoms with Gasteiger partial charge in [0.05, 0.1) is 4.90 Å². The highest BCUT2D eigenvalue weighted by molar-refractivity contribution is 7.89. The molecule has 1 saturated heterocycles. The number of nitrogens with one attached hydrogen (secondary N) is 1. The molecule has 120 valence electrons. The van der Waals surface area contributed by atoms with Gasteiger partial charge in [-0.1, -0.05) is 23.2 Å². The SMILES string of the molecule is Cc1c(Cl)cc(S(=O)(=O)N(C)C2CCNCC2)cc1Cl.Cl. The van der Waals surface area contributed by atoms with Crippen LogP contribution in [0.4, 0.5) is 0 Å². The molecule has 0 aromatic heterocycles. The summed E-state index contributed by atoms with van der Waals surface area (Å²) in [5.41, 5.74) is 0.691. The summed E-state index contributed by atoms with van der Waals surface area (Å²) in [6, 6.07) is 2.95. The lowest BCUT2D eigenvalue weighted by Crippen LogP contribution is -2.43. The fourth-order valence-electron chi connectivity index (χ4n) is 2.30. The summed E-state index contributed by atoms with van der Waals surface area (Å²) in [5, 5.41) is 3.96. The van der Waals surface area contributed by atoms with Crippen LogP contribution >= 0.6 is 35.6 Å². The second-order valence-electron chi connectivity index (χ2n) is 5.01. The summed E-state index contributed by atoms with van der Waals surface area (Å²) >= 11 is 12.1. The van der Waals surface area contributed by atoms with Crippen molar-refractivity contribution in [1.82, 2.24) is 9.62 Å². The zero-order valence-corrected chi connectivity index (χ0v) is 15.0. The number of piperidine rings is 1. The third-order valence-electron chi connectivity index (χ3n) is 3.75. The normalized spacial score (nSPS) is 16.8. The fraction of sp³-hybridized carbons (Fsp3) is 0.538. The largest absolute Gasteiger partial charge is 0.317 e. The van der Waals surface area contributed by atoms with Crippen LogP contribution in [-0.4, -0.2) is 38.9 Å². The zero-order valence-electron chi connectivity index (χ0n) is 11.9. The van der Waals surface area contributed by atoms with Crippen LogP contribution in [-0.2, 0) is 10.0 Å². The molecule has 0 radical (unpaired) electrons. The topological polar surface area (TPSA) is 49.4 Å². The van der Waals surface area contributed by atoms with Crippen LogP contribution < -0.4 is 5.32 Å². The molecular formula is C13H19Cl3N2O2S. The van der Waals surface area contributed by atoms with Gasteiger partial charge in [0.25, 0.3) is 0 Å². The Hall–Kier alpha value is -0.0400. The van der Waals surface area contributed by atoms with Gasteiger partial charge in [0.1, 0.15) is 0 Å². The molecule has 0 amide bonds. The van der Waals surface area contributed by atoms with E-state index in [1.54, 1.807) is 14.0 Å². The number of rotatable bonds is 3. The van der Waals surface area contributed by atoms with Crippen LogP contribution in [0.2, 0.25) is 10.0 Å². The molecule has 1 aliphatic heterocycles. The molecule has 0 bridgehead atoms. The standard InChI is InChI=1S/C13H18Cl2N2O2S.ClH/c1-9-12(14)7-11(8-13(9)15)20(18,19)17(2)10-3-5-16-6-4-10;/h7-8,10,16H,3-6H2,1-2H3;1H. The maximum Gasteiger partial charge on any atom is 0.243 e. The van der Waals surface area contributed by atoms with Crippen LogP contribution in [0.15, 0.2) is 17.0 Å². The van der Waals surface area contributed by atoms with Crippen molar-refractivity contribution < 1.29 is 8.42 Å². The van der Waals surface area contributed by atoms with Crippen LogP contribution in [0, 0.1) is 6.92 Å². The van der Waals surface area contributed by atoms with Crippen LogP contribution in [0.5, 0.6) is 0 Å². The van der Waals surface area contributed by atoms with E-state index in [0.29, 0.717) is 15.6 Å². The van der Waals surface area contributed by atoms with E-state index in [1.807, 2.05) is 0 Å². The number of sulfonamides is 1. The Morgan fingerprint density at radius 2 is 1.67 bits per heavy atom. The lowest BCUT2D eigenvalue weighted by molar-refractivity contribution is 0.296. The third kappa shape index (κ3) is 4.03. The van der Waals surface area contributed by atoms with Crippen LogP contribution in [0.1, 0.15) is 18.4 Å². The monoisotopic (exact) mass is 372 g/mol. The van der Waals surface area contributed by atoms with E-state index in [1.165, 1.54) is 16.4 Å². The lowest BCUT2D eigenvalue weighted by atomic mass is 10.1. The Labute approximate surface area is 142 Å². The van der Waals surface area contributed by atoms with Gasteiger partial charge in [-0.05, 0) is 50.6 Å². The van der Waals surface area contributed by atoms with E-state index >= 15 is 0 Å². The molecule has 4 nitrogen and oxygen atoms in total. The van der Waals surface area contributed by atoms with E-state index < -0.39 is 10.0 Å². The maximum absolute atomic E-state index is 12.6. The van der Waals surface area contributed by atoms with Gasteiger partial charge in [-0.2, -0.15) is 4.31 Å². The minimum atomic E-state index is -3.56. The zero-order chi connectivity index (χ0) is 14.9. The van der Waals surface area contributed by atoms with Gasteiger partial charge in [0.15, 0.2) is 0 Å². The molecule has 8 heteroatoms. The Balaban J connectivity index is 0.00000220. The molecule has 0 spiro atoms. The number of nitrogens with zero attached hydrogens (tertiary/aromatic N) is 1. The van der Waals surface area contributed by atoms with Crippen molar-refractivity contribution in [3.63, 3.8) is 0 Å². The van der Waals surface area contributed by atoms with E-state index in [4.69, 9.17) is 23.2 Å². The van der Waals surface area contributed by atoms with Crippen LogP contribution in [0.3, 0.4) is 0 Å². The molecule has 0 aliphatic carbocycles. The van der Waals surface area contributed by atoms with Gasteiger partial charge >= 0.3 is 0 Å². The van der Waals surface area contributed by atoms with Crippen molar-refractivity contribution in [2.24, 2.45) is 0 Å². The van der Waals surface area contributed by atoms with Gasteiger partial charge in [-0.25, -0.2) is 8.42 Å². The average Bonchev–Trinajstić information content (AvgIpc) is 2.44. The molecule has 0 saturated carbocycles. The van der Waals surface area contributed by atoms with E-state index in [2.05, 4.69) is 5.32 Å². The Kier molecular flexibility index (Phi) is 6.78. The van der Waals surface area contributed by atoms with Gasteiger partial charge < -0.3 is 5.32 Å². The molecule has 1 heterocycles. The molecule has 1 aromatic carbocycles. The fourth-order valence-corrected chi connectivity index (χ4v) is 4.39. The second-order valence-corrected chi connectivity index (χ2v) is 7.83. The molecule has 0 atom stereocenters. The van der Waals surface area contributed by atoms with E-state index in [-0.39, 0.29) is 23.3 Å². The maximum atomic E-state index is 12.6. The van der Waals surface area contributed by atoms with Crippen molar-refractivity contribution in [2.75, 3.05) is 20.1 Å². The highest BCUT2D eigenvalue weighted by atomic mass is 35.5. The molecular weight excluding hydrogens is 355 g/mol. The highest BCUT2D eigenvalue weighted by Gasteiger charge is 2.29. The molecule has 2 rings (SSSR count). The Morgan fingerprint density at radius 3 is 2.14 bits per heavy atom. The summed E-state index contributed by atoms with van der Waals surface area (Å²) in [6.07, 6.45) is 1.62. The molecule has 1 aliphatic rings. The Morgan fingerprint density at radius 1 is 1.19 bits per heavy atom. The van der Waals surface area contributed by atoms with Crippen molar-refractivity contribution >= 4 is 45.6 Å². The molecule has 1 fully saturated rings. The summed E-state index contributed by atoms with van der Waals surface area (Å²) in [5.74, 6) is 0. The predicted molar refractivity (Wildman–Crippen MR) is 89.3 cm³/mol. The molecule has 1 aromatic rings. The van der Waals surface area contributed by atoms with Gasteiger partial charge in [-0.3, -0.25) is 0 Å². The average molecular weight is 374 g/mol. The second kappa shape index (κ2) is 7.49. The summed E-state index contributed by atoms with van der Waals surface area (Å²) in [7, 11) is -1.95. The lowest BCUT2D eigenvalue weighted by Gasteiger charge is -2.31. The highest BCUT2D eigenvalue weighted by Crippen LogP contribution is 2.30. The molecule has 1 N–H and O–H groups in total. The van der Waals surface area contributed by atoms with E-state index in [9.17, 15) is 8.42 Å². The van der Waals surface area contributed by atoms with Gasteiger partial charge in [0, 0.05) is 23.1 Å². The Bertz CT molecular complexity index is 578. The van der Waals surface area contributed by atoms with Crippen LogP contribution in [0.25, 0.3) is 0 Å². The number of halogens is 3. The van der Waals surface area contributed by atoms with Crippen molar-refractivity contribution in [2.45, 2.75) is 30.7 Å². The van der Waals surface area contributed by atoms with Crippen molar-refractivity contribution in [1.29, 1.82) is 0 Å². The first-order valence-corrected chi connectivity index (χ1v) is 8.68. The van der Waals surface area contributed by atoms with Crippen molar-refractivity contribution in [3.8, 4) is 0 Å². The summed E-state index contributed by atoms with van der Waals surface area (Å²) in [6.45, 7) is 3.43. The van der Waals surface area contributed by atoms with Gasteiger partial charge in [-0.15, -0.1) is 12.4 Å². The first kappa shape index (κ1) is 19.0.